The van der Waals surface area contributed by atoms with Gasteiger partial charge in [0.05, 0.1) is 0 Å². The predicted molar refractivity (Wildman–Crippen MR) is 60.3 cm³/mol. The van der Waals surface area contributed by atoms with Gasteiger partial charge in [0, 0.05) is 11.6 Å². The molecule has 0 aliphatic heterocycles. The maximum absolute atomic E-state index is 5.82. The van der Waals surface area contributed by atoms with E-state index in [-0.39, 0.29) is 0 Å². The van der Waals surface area contributed by atoms with Gasteiger partial charge >= 0.3 is 0 Å². The summed E-state index contributed by atoms with van der Waals surface area (Å²) in [5.74, 6) is 0. The monoisotopic (exact) mass is 199 g/mol. The van der Waals surface area contributed by atoms with Crippen LogP contribution in [0.1, 0.15) is 25.0 Å². The maximum Gasteiger partial charge on any atom is 0.0409 e. The number of benzene rings is 1. The van der Waals surface area contributed by atoms with Crippen molar-refractivity contribution < 1.29 is 0 Å². The molecule has 0 aromatic heterocycles. The molecular formula is C11H18ClN. The SMILES string of the molecule is CC.CNCc1cc(Cl)ccc1C. The molecule has 0 radical (unpaired) electrons. The molecule has 0 saturated heterocycles. The maximum atomic E-state index is 5.82. The van der Waals surface area contributed by atoms with Gasteiger partial charge in [-0.3, -0.25) is 0 Å². The van der Waals surface area contributed by atoms with Crippen molar-refractivity contribution in [2.24, 2.45) is 0 Å². The highest BCUT2D eigenvalue weighted by atomic mass is 35.5. The lowest BCUT2D eigenvalue weighted by atomic mass is 10.1. The number of halogens is 1. The molecule has 0 saturated carbocycles. The molecule has 13 heavy (non-hydrogen) atoms. The molecule has 0 heterocycles. The predicted octanol–water partition coefficient (Wildman–Crippen LogP) is 3.39. The standard InChI is InChI=1S/C9H12ClN.C2H6/c1-7-3-4-9(10)5-8(7)6-11-2;1-2/h3-5,11H,6H2,1-2H3;1-2H3. The molecule has 74 valence electrons. The van der Waals surface area contributed by atoms with E-state index >= 15 is 0 Å². The second-order valence-electron chi connectivity index (χ2n) is 2.60. The Balaban J connectivity index is 0.000000671. The number of hydrogen-bond donors (Lipinski definition) is 1. The average Bonchev–Trinajstić information content (AvgIpc) is 2.15. The highest BCUT2D eigenvalue weighted by Crippen LogP contribution is 2.14. The fraction of sp³-hybridized carbons (Fsp3) is 0.455. The van der Waals surface area contributed by atoms with E-state index in [0.29, 0.717) is 0 Å². The number of hydrogen-bond acceptors (Lipinski definition) is 1. The zero-order valence-corrected chi connectivity index (χ0v) is 9.57. The van der Waals surface area contributed by atoms with Crippen LogP contribution in [0.15, 0.2) is 18.2 Å². The Kier molecular flexibility index (Phi) is 6.65. The van der Waals surface area contributed by atoms with Crippen LogP contribution in [0.5, 0.6) is 0 Å². The fourth-order valence-electron chi connectivity index (χ4n) is 1.02. The topological polar surface area (TPSA) is 12.0 Å². The third-order valence-electron chi connectivity index (χ3n) is 1.68. The molecule has 0 aliphatic rings. The summed E-state index contributed by atoms with van der Waals surface area (Å²) < 4.78 is 0. The lowest BCUT2D eigenvalue weighted by Gasteiger charge is -2.04. The molecule has 0 atom stereocenters. The minimum absolute atomic E-state index is 0.806. The van der Waals surface area contributed by atoms with E-state index in [4.69, 9.17) is 11.6 Å². The molecule has 1 N–H and O–H groups in total. The van der Waals surface area contributed by atoms with Crippen LogP contribution in [0.2, 0.25) is 5.02 Å². The lowest BCUT2D eigenvalue weighted by molar-refractivity contribution is 0.812. The third kappa shape index (κ3) is 4.30. The quantitative estimate of drug-likeness (QED) is 0.770. The van der Waals surface area contributed by atoms with Crippen LogP contribution in [0.3, 0.4) is 0 Å². The van der Waals surface area contributed by atoms with Crippen molar-refractivity contribution in [1.29, 1.82) is 0 Å². The van der Waals surface area contributed by atoms with Crippen LogP contribution in [-0.2, 0) is 6.54 Å². The van der Waals surface area contributed by atoms with Gasteiger partial charge in [0.1, 0.15) is 0 Å². The summed E-state index contributed by atoms with van der Waals surface area (Å²) in [6.07, 6.45) is 0. The molecule has 1 aromatic rings. The third-order valence-corrected chi connectivity index (χ3v) is 1.91. The molecule has 0 fully saturated rings. The Morgan fingerprint density at radius 3 is 2.46 bits per heavy atom. The van der Waals surface area contributed by atoms with Gasteiger partial charge in [-0.2, -0.15) is 0 Å². The molecule has 2 heteroatoms. The fourth-order valence-corrected chi connectivity index (χ4v) is 1.22. The number of rotatable bonds is 2. The van der Waals surface area contributed by atoms with Crippen molar-refractivity contribution in [1.82, 2.24) is 5.32 Å². The molecule has 1 aromatic carbocycles. The Hall–Kier alpha value is -0.530. The van der Waals surface area contributed by atoms with E-state index in [0.717, 1.165) is 11.6 Å². The first-order valence-corrected chi connectivity index (χ1v) is 5.01. The van der Waals surface area contributed by atoms with Crippen LogP contribution in [0.4, 0.5) is 0 Å². The molecule has 1 nitrogen and oxygen atoms in total. The van der Waals surface area contributed by atoms with Crippen molar-refractivity contribution in [2.45, 2.75) is 27.3 Å². The Bertz CT molecular complexity index is 246. The average molecular weight is 200 g/mol. The smallest absolute Gasteiger partial charge is 0.0409 e. The van der Waals surface area contributed by atoms with Crippen LogP contribution in [0.25, 0.3) is 0 Å². The van der Waals surface area contributed by atoms with Crippen molar-refractivity contribution in [3.63, 3.8) is 0 Å². The van der Waals surface area contributed by atoms with Gasteiger partial charge in [-0.15, -0.1) is 0 Å². The summed E-state index contributed by atoms with van der Waals surface area (Å²) in [5.41, 5.74) is 2.55. The normalized spacial score (nSPS) is 9.00. The Morgan fingerprint density at radius 2 is 1.92 bits per heavy atom. The van der Waals surface area contributed by atoms with Gasteiger partial charge in [0.15, 0.2) is 0 Å². The first-order valence-electron chi connectivity index (χ1n) is 4.63. The first-order chi connectivity index (χ1) is 6.24. The molecule has 0 aliphatic carbocycles. The van der Waals surface area contributed by atoms with Crippen LogP contribution in [-0.4, -0.2) is 7.05 Å². The number of nitrogens with one attached hydrogen (secondary N) is 1. The zero-order valence-electron chi connectivity index (χ0n) is 8.82. The minimum Gasteiger partial charge on any atom is -0.316 e. The van der Waals surface area contributed by atoms with Crippen LogP contribution >= 0.6 is 11.6 Å². The highest BCUT2D eigenvalue weighted by molar-refractivity contribution is 6.30. The molecule has 0 bridgehead atoms. The van der Waals surface area contributed by atoms with Crippen molar-refractivity contribution >= 4 is 11.6 Å². The summed E-state index contributed by atoms with van der Waals surface area (Å²) in [5, 5.41) is 3.90. The zero-order chi connectivity index (χ0) is 10.3. The Morgan fingerprint density at radius 1 is 1.31 bits per heavy atom. The molecule has 1 rings (SSSR count). The van der Waals surface area contributed by atoms with E-state index in [1.807, 2.05) is 39.1 Å². The summed E-state index contributed by atoms with van der Waals surface area (Å²) in [7, 11) is 1.93. The van der Waals surface area contributed by atoms with E-state index in [2.05, 4.69) is 12.2 Å². The van der Waals surface area contributed by atoms with E-state index in [1.165, 1.54) is 11.1 Å². The van der Waals surface area contributed by atoms with E-state index < -0.39 is 0 Å². The molecule has 0 amide bonds. The lowest BCUT2D eigenvalue weighted by Crippen LogP contribution is -2.06. The van der Waals surface area contributed by atoms with E-state index in [1.54, 1.807) is 0 Å². The van der Waals surface area contributed by atoms with Crippen LogP contribution in [0, 0.1) is 6.92 Å². The van der Waals surface area contributed by atoms with Gasteiger partial charge in [-0.25, -0.2) is 0 Å². The Labute approximate surface area is 86.1 Å². The molecular weight excluding hydrogens is 182 g/mol. The van der Waals surface area contributed by atoms with Gasteiger partial charge in [-0.05, 0) is 37.2 Å². The molecule has 0 spiro atoms. The van der Waals surface area contributed by atoms with Crippen molar-refractivity contribution in [2.75, 3.05) is 7.05 Å². The van der Waals surface area contributed by atoms with Gasteiger partial charge < -0.3 is 5.32 Å². The van der Waals surface area contributed by atoms with Crippen molar-refractivity contribution in [3.8, 4) is 0 Å². The largest absolute Gasteiger partial charge is 0.316 e. The second kappa shape index (κ2) is 6.93. The van der Waals surface area contributed by atoms with Crippen LogP contribution < -0.4 is 5.32 Å². The second-order valence-corrected chi connectivity index (χ2v) is 3.04. The summed E-state index contributed by atoms with van der Waals surface area (Å²) in [6, 6.07) is 5.94. The minimum atomic E-state index is 0.806. The summed E-state index contributed by atoms with van der Waals surface area (Å²) in [4.78, 5) is 0. The summed E-state index contributed by atoms with van der Waals surface area (Å²) >= 11 is 5.82. The first kappa shape index (κ1) is 12.5. The summed E-state index contributed by atoms with van der Waals surface area (Å²) in [6.45, 7) is 6.97. The van der Waals surface area contributed by atoms with Gasteiger partial charge in [0.25, 0.3) is 0 Å². The molecule has 0 unspecified atom stereocenters. The highest BCUT2D eigenvalue weighted by Gasteiger charge is 1.96. The van der Waals surface area contributed by atoms with Crippen molar-refractivity contribution in [3.05, 3.63) is 34.3 Å². The van der Waals surface area contributed by atoms with Gasteiger partial charge in [-0.1, -0.05) is 31.5 Å². The van der Waals surface area contributed by atoms with Gasteiger partial charge in [0.2, 0.25) is 0 Å². The van der Waals surface area contributed by atoms with E-state index in [9.17, 15) is 0 Å². The number of aryl methyl sites for hydroxylation is 1.